The standard InChI is InChI=1S/C13H12FN7O/c14-6-2-20-13(18)10(16)9(6)5-1-7(15)12(17)21-11(5)8-3-19-4-22-8/h1-4H,15-16H2,(H2,17,21)(H2,18,20). The summed E-state index contributed by atoms with van der Waals surface area (Å²) in [6.07, 6.45) is 3.60. The van der Waals surface area contributed by atoms with Crippen molar-refractivity contribution in [3.05, 3.63) is 30.7 Å². The van der Waals surface area contributed by atoms with Crippen molar-refractivity contribution >= 4 is 23.0 Å². The first kappa shape index (κ1) is 13.6. The molecule has 22 heavy (non-hydrogen) atoms. The molecular formula is C13H12FN7O. The predicted molar refractivity (Wildman–Crippen MR) is 80.6 cm³/mol. The summed E-state index contributed by atoms with van der Waals surface area (Å²) >= 11 is 0. The molecule has 0 spiro atoms. The highest BCUT2D eigenvalue weighted by atomic mass is 19.1. The largest absolute Gasteiger partial charge is 0.442 e. The van der Waals surface area contributed by atoms with E-state index in [-0.39, 0.29) is 45.6 Å². The van der Waals surface area contributed by atoms with E-state index in [0.29, 0.717) is 0 Å². The Bertz CT molecular complexity index is 848. The van der Waals surface area contributed by atoms with Gasteiger partial charge < -0.3 is 27.4 Å². The fourth-order valence-corrected chi connectivity index (χ4v) is 2.04. The van der Waals surface area contributed by atoms with Crippen molar-refractivity contribution in [2.75, 3.05) is 22.9 Å². The Kier molecular flexibility index (Phi) is 3.02. The molecule has 8 N–H and O–H groups in total. The molecule has 0 atom stereocenters. The predicted octanol–water partition coefficient (Wildman–Crippen LogP) is 1.27. The molecule has 0 saturated carbocycles. The van der Waals surface area contributed by atoms with Crippen LogP contribution in [-0.2, 0) is 0 Å². The van der Waals surface area contributed by atoms with Gasteiger partial charge in [0.15, 0.2) is 18.0 Å². The molecule has 3 aromatic heterocycles. The number of hydrogen-bond donors (Lipinski definition) is 4. The average Bonchev–Trinajstić information content (AvgIpc) is 3.01. The van der Waals surface area contributed by atoms with E-state index in [0.717, 1.165) is 6.20 Å². The summed E-state index contributed by atoms with van der Waals surface area (Å²) < 4.78 is 19.4. The van der Waals surface area contributed by atoms with Crippen LogP contribution in [0.4, 0.5) is 27.4 Å². The van der Waals surface area contributed by atoms with Crippen LogP contribution in [0.3, 0.4) is 0 Å². The first-order valence-electron chi connectivity index (χ1n) is 6.13. The number of rotatable bonds is 2. The number of pyridine rings is 2. The fraction of sp³-hybridized carbons (Fsp3) is 0. The molecule has 0 amide bonds. The summed E-state index contributed by atoms with van der Waals surface area (Å²) in [5.74, 6) is -0.305. The molecule has 0 radical (unpaired) electrons. The first-order chi connectivity index (χ1) is 10.5. The maximum atomic E-state index is 14.2. The second-order valence-corrected chi connectivity index (χ2v) is 4.50. The lowest BCUT2D eigenvalue weighted by Crippen LogP contribution is -2.06. The second-order valence-electron chi connectivity index (χ2n) is 4.50. The highest BCUT2D eigenvalue weighted by molar-refractivity contribution is 5.91. The van der Waals surface area contributed by atoms with Gasteiger partial charge in [-0.15, -0.1) is 0 Å². The third-order valence-electron chi connectivity index (χ3n) is 3.12. The van der Waals surface area contributed by atoms with E-state index in [1.54, 1.807) is 0 Å². The Balaban J connectivity index is 2.37. The van der Waals surface area contributed by atoms with E-state index in [1.165, 1.54) is 18.7 Å². The monoisotopic (exact) mass is 301 g/mol. The zero-order valence-electron chi connectivity index (χ0n) is 11.2. The summed E-state index contributed by atoms with van der Waals surface area (Å²) in [4.78, 5) is 11.6. The van der Waals surface area contributed by atoms with Crippen molar-refractivity contribution in [2.45, 2.75) is 0 Å². The van der Waals surface area contributed by atoms with Crippen LogP contribution in [0.25, 0.3) is 22.6 Å². The van der Waals surface area contributed by atoms with E-state index in [1.807, 2.05) is 0 Å². The lowest BCUT2D eigenvalue weighted by molar-refractivity contribution is 0.570. The number of hydrogen-bond acceptors (Lipinski definition) is 8. The van der Waals surface area contributed by atoms with Gasteiger partial charge in [-0.2, -0.15) is 0 Å². The molecule has 0 aliphatic carbocycles. The zero-order valence-corrected chi connectivity index (χ0v) is 11.2. The van der Waals surface area contributed by atoms with Crippen LogP contribution in [0.5, 0.6) is 0 Å². The van der Waals surface area contributed by atoms with Crippen molar-refractivity contribution in [3.8, 4) is 22.6 Å². The minimum Gasteiger partial charge on any atom is -0.442 e. The van der Waals surface area contributed by atoms with Gasteiger partial charge >= 0.3 is 0 Å². The van der Waals surface area contributed by atoms with E-state index in [2.05, 4.69) is 15.0 Å². The maximum Gasteiger partial charge on any atom is 0.181 e. The van der Waals surface area contributed by atoms with Crippen molar-refractivity contribution in [2.24, 2.45) is 0 Å². The van der Waals surface area contributed by atoms with Crippen molar-refractivity contribution in [1.82, 2.24) is 15.0 Å². The number of oxazole rings is 1. The normalized spacial score (nSPS) is 10.8. The van der Waals surface area contributed by atoms with Crippen molar-refractivity contribution in [1.29, 1.82) is 0 Å². The van der Waals surface area contributed by atoms with Crippen LogP contribution >= 0.6 is 0 Å². The first-order valence-corrected chi connectivity index (χ1v) is 6.13. The third kappa shape index (κ3) is 2.04. The minimum atomic E-state index is -0.668. The molecule has 0 unspecified atom stereocenters. The third-order valence-corrected chi connectivity index (χ3v) is 3.12. The smallest absolute Gasteiger partial charge is 0.181 e. The van der Waals surface area contributed by atoms with E-state index >= 15 is 0 Å². The number of anilines is 4. The second kappa shape index (κ2) is 4.88. The van der Waals surface area contributed by atoms with Crippen molar-refractivity contribution < 1.29 is 8.81 Å². The van der Waals surface area contributed by atoms with Gasteiger partial charge in [-0.1, -0.05) is 0 Å². The molecule has 8 nitrogen and oxygen atoms in total. The Morgan fingerprint density at radius 2 is 1.82 bits per heavy atom. The van der Waals surface area contributed by atoms with Gasteiger partial charge in [0.25, 0.3) is 0 Å². The van der Waals surface area contributed by atoms with Gasteiger partial charge in [0, 0.05) is 11.1 Å². The number of nitrogen functional groups attached to an aromatic ring is 4. The summed E-state index contributed by atoms with van der Waals surface area (Å²) in [5, 5.41) is 0. The van der Waals surface area contributed by atoms with E-state index in [4.69, 9.17) is 27.4 Å². The van der Waals surface area contributed by atoms with Crippen LogP contribution in [-0.4, -0.2) is 15.0 Å². The average molecular weight is 301 g/mol. The van der Waals surface area contributed by atoms with Crippen LogP contribution < -0.4 is 22.9 Å². The van der Waals surface area contributed by atoms with Gasteiger partial charge in [-0.3, -0.25) is 0 Å². The molecule has 3 rings (SSSR count). The molecule has 0 aliphatic rings. The van der Waals surface area contributed by atoms with Crippen LogP contribution in [0, 0.1) is 5.82 Å². The molecule has 9 heteroatoms. The molecule has 0 aromatic carbocycles. The van der Waals surface area contributed by atoms with Gasteiger partial charge in [-0.25, -0.2) is 19.3 Å². The molecule has 0 aliphatic heterocycles. The number of nitrogens with zero attached hydrogens (tertiary/aromatic N) is 3. The highest BCUT2D eigenvalue weighted by Crippen LogP contribution is 2.39. The van der Waals surface area contributed by atoms with E-state index in [9.17, 15) is 4.39 Å². The Labute approximate surface area is 124 Å². The van der Waals surface area contributed by atoms with Crippen LogP contribution in [0.2, 0.25) is 0 Å². The van der Waals surface area contributed by atoms with Gasteiger partial charge in [0.2, 0.25) is 0 Å². The van der Waals surface area contributed by atoms with E-state index < -0.39 is 5.82 Å². The quantitative estimate of drug-likeness (QED) is 0.551. The molecule has 3 aromatic rings. The Morgan fingerprint density at radius 3 is 2.50 bits per heavy atom. The summed E-state index contributed by atoms with van der Waals surface area (Å²) in [6.45, 7) is 0. The van der Waals surface area contributed by atoms with Gasteiger partial charge in [-0.05, 0) is 6.07 Å². The Morgan fingerprint density at radius 1 is 1.05 bits per heavy atom. The minimum absolute atomic E-state index is 0.00434. The van der Waals surface area contributed by atoms with Gasteiger partial charge in [0.1, 0.15) is 17.3 Å². The molecule has 0 bridgehead atoms. The summed E-state index contributed by atoms with van der Waals surface area (Å²) in [6, 6.07) is 1.45. The molecule has 3 heterocycles. The number of halogens is 1. The topological polar surface area (TPSA) is 156 Å². The SMILES string of the molecule is Nc1cc(-c2c(F)cnc(N)c2N)c(-c2cnco2)nc1N. The summed E-state index contributed by atoms with van der Waals surface area (Å²) in [7, 11) is 0. The van der Waals surface area contributed by atoms with Gasteiger partial charge in [0.05, 0.1) is 23.8 Å². The molecule has 0 fully saturated rings. The maximum absolute atomic E-state index is 14.2. The van der Waals surface area contributed by atoms with Crippen LogP contribution in [0.15, 0.2) is 29.3 Å². The summed E-state index contributed by atoms with van der Waals surface area (Å²) in [5.41, 5.74) is 23.7. The molecular weight excluding hydrogens is 289 g/mol. The fourth-order valence-electron chi connectivity index (χ4n) is 2.04. The zero-order chi connectivity index (χ0) is 15.9. The highest BCUT2D eigenvalue weighted by Gasteiger charge is 2.21. The number of nitrogens with two attached hydrogens (primary N) is 4. The molecule has 0 saturated heterocycles. The van der Waals surface area contributed by atoms with Crippen molar-refractivity contribution in [3.63, 3.8) is 0 Å². The lowest BCUT2D eigenvalue weighted by atomic mass is 10.0. The van der Waals surface area contributed by atoms with Crippen LogP contribution in [0.1, 0.15) is 0 Å². The lowest BCUT2D eigenvalue weighted by Gasteiger charge is -2.13. The molecule has 112 valence electrons. The Hall–Kier alpha value is -3.36. The number of aromatic nitrogens is 3.